The number of halogens is 2. The third kappa shape index (κ3) is 2.50. The van der Waals surface area contributed by atoms with Crippen LogP contribution in [0.25, 0.3) is 0 Å². The Morgan fingerprint density at radius 2 is 1.67 bits per heavy atom. The number of thiocarbonyl (C=S) groups is 1. The SMILES string of the molecule is S=C(OCl)OCl. The Hall–Kier alpha value is 0.270. The zero-order chi connectivity index (χ0) is 4.99. The molecule has 2 nitrogen and oxygen atoms in total. The summed E-state index contributed by atoms with van der Waals surface area (Å²) in [6.07, 6.45) is 0. The Balaban J connectivity index is 2.99. The summed E-state index contributed by atoms with van der Waals surface area (Å²) in [5.74, 6) is 0. The molecule has 0 saturated heterocycles. The molecule has 6 heavy (non-hydrogen) atoms. The molecule has 0 amide bonds. The zero-order valence-corrected chi connectivity index (χ0v) is 4.81. The minimum Gasteiger partial charge on any atom is -0.337 e. The van der Waals surface area contributed by atoms with Crippen LogP contribution in [0.15, 0.2) is 0 Å². The molecule has 0 saturated carbocycles. The van der Waals surface area contributed by atoms with Crippen molar-refractivity contribution in [2.45, 2.75) is 0 Å². The average molecular weight is 147 g/mol. The van der Waals surface area contributed by atoms with Crippen molar-refractivity contribution in [3.05, 3.63) is 0 Å². The van der Waals surface area contributed by atoms with E-state index in [1.54, 1.807) is 0 Å². The molecule has 0 radical (unpaired) electrons. The standard InChI is InChI=1S/CCl2O2S/c2-4-1(6)5-3. The topological polar surface area (TPSA) is 18.5 Å². The zero-order valence-electron chi connectivity index (χ0n) is 2.48. The highest BCUT2D eigenvalue weighted by Crippen LogP contribution is 1.90. The fourth-order valence-electron chi connectivity index (χ4n) is 0.0119. The number of hydrogen-bond acceptors (Lipinski definition) is 3. The van der Waals surface area contributed by atoms with Gasteiger partial charge in [-0.15, -0.1) is 0 Å². The molecule has 0 aromatic carbocycles. The van der Waals surface area contributed by atoms with Gasteiger partial charge in [0.15, 0.2) is 0 Å². The van der Waals surface area contributed by atoms with Gasteiger partial charge in [0.25, 0.3) is 0 Å². The second kappa shape index (κ2) is 3.46. The molecule has 0 aromatic heterocycles. The Kier molecular flexibility index (Phi) is 3.62. The highest BCUT2D eigenvalue weighted by atomic mass is 35.5. The summed E-state index contributed by atoms with van der Waals surface area (Å²) in [4.78, 5) is 0. The molecule has 36 valence electrons. The molecule has 0 rings (SSSR count). The first-order valence-corrected chi connectivity index (χ1v) is 1.95. The molecule has 0 aliphatic heterocycles. The Labute approximate surface area is 50.3 Å². The highest BCUT2D eigenvalue weighted by molar-refractivity contribution is 7.79. The number of hydrogen-bond donors (Lipinski definition) is 0. The second-order valence-corrected chi connectivity index (χ2v) is 1.05. The second-order valence-electron chi connectivity index (χ2n) is 0.404. The summed E-state index contributed by atoms with van der Waals surface area (Å²) in [7, 11) is 0. The van der Waals surface area contributed by atoms with Crippen molar-refractivity contribution in [3.63, 3.8) is 0 Å². The van der Waals surface area contributed by atoms with Crippen LogP contribution in [0.3, 0.4) is 0 Å². The van der Waals surface area contributed by atoms with Gasteiger partial charge in [-0.25, -0.2) is 0 Å². The van der Waals surface area contributed by atoms with Crippen LogP contribution in [-0.4, -0.2) is 5.24 Å². The van der Waals surface area contributed by atoms with Gasteiger partial charge < -0.3 is 8.58 Å². The molecule has 0 aliphatic carbocycles. The lowest BCUT2D eigenvalue weighted by atomic mass is 11.5. The maximum Gasteiger partial charge on any atom is 0.389 e. The van der Waals surface area contributed by atoms with Crippen molar-refractivity contribution in [2.24, 2.45) is 0 Å². The largest absolute Gasteiger partial charge is 0.389 e. The summed E-state index contributed by atoms with van der Waals surface area (Å²) in [6, 6.07) is 0. The third-order valence-electron chi connectivity index (χ3n) is 0.126. The third-order valence-corrected chi connectivity index (χ3v) is 0.756. The van der Waals surface area contributed by atoms with Crippen LogP contribution in [0.2, 0.25) is 0 Å². The van der Waals surface area contributed by atoms with Crippen LogP contribution in [-0.2, 0) is 8.58 Å². The molecule has 0 aromatic rings. The van der Waals surface area contributed by atoms with Crippen LogP contribution < -0.4 is 0 Å². The molecule has 0 unspecified atom stereocenters. The molecular weight excluding hydrogens is 147 g/mol. The molecule has 0 atom stereocenters. The van der Waals surface area contributed by atoms with Crippen molar-refractivity contribution in [3.8, 4) is 0 Å². The van der Waals surface area contributed by atoms with Crippen LogP contribution in [0, 0.1) is 0 Å². The summed E-state index contributed by atoms with van der Waals surface area (Å²) < 4.78 is 7.50. The molecule has 0 N–H and O–H groups in total. The van der Waals surface area contributed by atoms with E-state index in [1.165, 1.54) is 0 Å². The maximum absolute atomic E-state index is 4.60. The molecule has 0 aliphatic rings. The monoisotopic (exact) mass is 146 g/mol. The van der Waals surface area contributed by atoms with Crippen LogP contribution >= 0.6 is 35.9 Å². The van der Waals surface area contributed by atoms with Gasteiger partial charge in [-0.3, -0.25) is 0 Å². The van der Waals surface area contributed by atoms with Gasteiger partial charge in [0.1, 0.15) is 23.7 Å². The summed E-state index contributed by atoms with van der Waals surface area (Å²) >= 11 is 13.4. The lowest BCUT2D eigenvalue weighted by Gasteiger charge is -1.85. The first kappa shape index (κ1) is 6.27. The van der Waals surface area contributed by atoms with Gasteiger partial charge in [-0.1, -0.05) is 0 Å². The van der Waals surface area contributed by atoms with Crippen molar-refractivity contribution >= 4 is 41.2 Å². The van der Waals surface area contributed by atoms with E-state index in [-0.39, 0.29) is 5.24 Å². The van der Waals surface area contributed by atoms with E-state index in [9.17, 15) is 0 Å². The molecular formula is CCl2O2S. The van der Waals surface area contributed by atoms with Gasteiger partial charge in [0.05, 0.1) is 0 Å². The molecule has 0 heterocycles. The van der Waals surface area contributed by atoms with Crippen molar-refractivity contribution in [1.82, 2.24) is 0 Å². The van der Waals surface area contributed by atoms with E-state index in [4.69, 9.17) is 0 Å². The Morgan fingerprint density at radius 1 is 1.33 bits per heavy atom. The maximum atomic E-state index is 4.60. The Morgan fingerprint density at radius 3 is 1.67 bits per heavy atom. The summed E-state index contributed by atoms with van der Waals surface area (Å²) in [5.41, 5.74) is 0. The van der Waals surface area contributed by atoms with Crippen molar-refractivity contribution in [2.75, 3.05) is 0 Å². The smallest absolute Gasteiger partial charge is 0.337 e. The summed E-state index contributed by atoms with van der Waals surface area (Å²) in [6.45, 7) is 0. The van der Waals surface area contributed by atoms with Crippen LogP contribution in [0.4, 0.5) is 0 Å². The minimum atomic E-state index is -0.293. The van der Waals surface area contributed by atoms with E-state index in [0.717, 1.165) is 0 Å². The lowest BCUT2D eigenvalue weighted by Crippen LogP contribution is -1.88. The van der Waals surface area contributed by atoms with Crippen LogP contribution in [0.1, 0.15) is 0 Å². The fourth-order valence-corrected chi connectivity index (χ4v) is 0.107. The Bertz CT molecular complexity index is 49.5. The van der Waals surface area contributed by atoms with E-state index in [0.29, 0.717) is 0 Å². The van der Waals surface area contributed by atoms with Gasteiger partial charge in [0.2, 0.25) is 0 Å². The molecule has 0 bridgehead atoms. The van der Waals surface area contributed by atoms with Crippen LogP contribution in [0.5, 0.6) is 0 Å². The van der Waals surface area contributed by atoms with E-state index >= 15 is 0 Å². The minimum absolute atomic E-state index is 0.293. The molecule has 0 fully saturated rings. The van der Waals surface area contributed by atoms with Gasteiger partial charge >= 0.3 is 5.24 Å². The van der Waals surface area contributed by atoms with Crippen molar-refractivity contribution < 1.29 is 8.58 Å². The number of rotatable bonds is 0. The normalized spacial score (nSPS) is 7.00. The molecule has 0 spiro atoms. The predicted octanol–water partition coefficient (Wildman–Crippen LogP) is 1.61. The first-order valence-electron chi connectivity index (χ1n) is 0.921. The fraction of sp³-hybridized carbons (Fsp3) is 0. The highest BCUT2D eigenvalue weighted by Gasteiger charge is 1.88. The average Bonchev–Trinajstić information content (AvgIpc) is 1.65. The predicted molar refractivity (Wildman–Crippen MR) is 26.5 cm³/mol. The summed E-state index contributed by atoms with van der Waals surface area (Å²) in [5, 5.41) is -0.293. The molecule has 5 heteroatoms. The lowest BCUT2D eigenvalue weighted by molar-refractivity contribution is 0.454. The van der Waals surface area contributed by atoms with Gasteiger partial charge in [-0.05, 0) is 0 Å². The first-order chi connectivity index (χ1) is 2.81. The van der Waals surface area contributed by atoms with Gasteiger partial charge in [-0.2, -0.15) is 0 Å². The quantitative estimate of drug-likeness (QED) is 0.485. The van der Waals surface area contributed by atoms with Gasteiger partial charge in [0, 0.05) is 12.2 Å². The van der Waals surface area contributed by atoms with Crippen molar-refractivity contribution in [1.29, 1.82) is 0 Å². The van der Waals surface area contributed by atoms with E-state index in [2.05, 4.69) is 44.5 Å². The van der Waals surface area contributed by atoms with E-state index < -0.39 is 0 Å². The van der Waals surface area contributed by atoms with E-state index in [1.807, 2.05) is 0 Å².